The van der Waals surface area contributed by atoms with Crippen LogP contribution in [0.1, 0.15) is 46.0 Å². The lowest BCUT2D eigenvalue weighted by Crippen LogP contribution is -2.61. The number of carbonyl (C=O) groups is 2. The van der Waals surface area contributed by atoms with Gasteiger partial charge < -0.3 is 60.1 Å². The maximum atomic E-state index is 12.3. The lowest BCUT2D eigenvalue weighted by atomic mass is 9.83. The van der Waals surface area contributed by atoms with Crippen LogP contribution in [0.4, 0.5) is 0 Å². The number of cyclic esters (lactones) is 1. The fraction of sp³-hybridized carbons (Fsp3) is 0.636. The lowest BCUT2D eigenvalue weighted by Gasteiger charge is -2.45. The minimum absolute atomic E-state index is 0.0789. The van der Waals surface area contributed by atoms with E-state index in [1.165, 1.54) is 12.2 Å². The zero-order chi connectivity index (χ0) is 34.3. The van der Waals surface area contributed by atoms with Gasteiger partial charge in [-0.1, -0.05) is 48.6 Å². The van der Waals surface area contributed by atoms with Crippen molar-refractivity contribution in [2.24, 2.45) is 11.7 Å². The molecule has 4 rings (SSSR count). The number of allylic oxidation sites excluding steroid dienone is 6. The Balaban J connectivity index is 1.58. The Morgan fingerprint density at radius 3 is 2.36 bits per heavy atom. The van der Waals surface area contributed by atoms with Crippen LogP contribution in [0.5, 0.6) is 0 Å². The van der Waals surface area contributed by atoms with E-state index in [1.54, 1.807) is 56.4 Å². The first-order valence-corrected chi connectivity index (χ1v) is 15.9. The number of ether oxygens (including phenoxy) is 5. The summed E-state index contributed by atoms with van der Waals surface area (Å²) < 4.78 is 28.5. The molecule has 0 aromatic carbocycles. The summed E-state index contributed by atoms with van der Waals surface area (Å²) in [6, 6.07) is -1.08. The lowest BCUT2D eigenvalue weighted by molar-refractivity contribution is -0.308. The molecule has 4 aliphatic heterocycles. The molecule has 4 heterocycles. The average molecular weight is 666 g/mol. The quantitative estimate of drug-likeness (QED) is 0.157. The summed E-state index contributed by atoms with van der Waals surface area (Å²) in [6.07, 6.45) is 5.25. The maximum Gasteiger partial charge on any atom is 0.330 e. The molecule has 8 N–H and O–H groups in total. The molecule has 0 spiro atoms. The monoisotopic (exact) mass is 665 g/mol. The number of rotatable bonds is 3. The van der Waals surface area contributed by atoms with Crippen molar-refractivity contribution in [3.63, 3.8) is 0 Å². The van der Waals surface area contributed by atoms with Gasteiger partial charge in [-0.05, 0) is 19.9 Å². The van der Waals surface area contributed by atoms with Crippen LogP contribution in [-0.4, -0.2) is 122 Å². The second-order valence-corrected chi connectivity index (χ2v) is 12.6. The van der Waals surface area contributed by atoms with Crippen LogP contribution in [-0.2, 0) is 33.3 Å². The first-order chi connectivity index (χ1) is 22.3. The average Bonchev–Trinajstić information content (AvgIpc) is 3.72. The Morgan fingerprint density at radius 1 is 0.936 bits per heavy atom. The third kappa shape index (κ3) is 10.6. The number of aliphatic hydroxyl groups is 5. The molecule has 0 saturated carbocycles. The van der Waals surface area contributed by atoms with E-state index in [1.807, 2.05) is 6.08 Å². The number of aliphatic carboxylic acids is 1. The summed E-state index contributed by atoms with van der Waals surface area (Å²) in [5, 5.41) is 63.9. The van der Waals surface area contributed by atoms with E-state index in [2.05, 4.69) is 0 Å². The normalized spacial score (nSPS) is 47.2. The molecule has 4 aliphatic rings. The predicted octanol–water partition coefficient (Wildman–Crippen LogP) is 0.120. The van der Waals surface area contributed by atoms with Crippen molar-refractivity contribution < 1.29 is 63.9 Å². The van der Waals surface area contributed by atoms with Gasteiger partial charge >= 0.3 is 11.9 Å². The van der Waals surface area contributed by atoms with E-state index in [4.69, 9.17) is 29.4 Å². The third-order valence-electron chi connectivity index (χ3n) is 8.58. The fourth-order valence-electron chi connectivity index (χ4n) is 6.00. The Bertz CT molecular complexity index is 1220. The molecule has 14 nitrogen and oxygen atoms in total. The number of hydrogen-bond donors (Lipinski definition) is 7. The molecule has 2 bridgehead atoms. The van der Waals surface area contributed by atoms with Gasteiger partial charge in [-0.3, -0.25) is 4.79 Å². The molecular weight excluding hydrogens is 618 g/mol. The summed E-state index contributed by atoms with van der Waals surface area (Å²) in [5.41, 5.74) is 5.98. The van der Waals surface area contributed by atoms with Crippen molar-refractivity contribution in [2.75, 3.05) is 0 Å². The van der Waals surface area contributed by atoms with Crippen molar-refractivity contribution in [1.29, 1.82) is 0 Å². The molecule has 14 heteroatoms. The van der Waals surface area contributed by atoms with Crippen molar-refractivity contribution in [2.45, 2.75) is 125 Å². The van der Waals surface area contributed by atoms with E-state index in [-0.39, 0.29) is 25.4 Å². The highest BCUT2D eigenvalue weighted by Gasteiger charge is 2.51. The summed E-state index contributed by atoms with van der Waals surface area (Å²) in [4.78, 5) is 24.4. The summed E-state index contributed by atoms with van der Waals surface area (Å²) in [5.74, 6) is -5.45. The maximum absolute atomic E-state index is 12.3. The van der Waals surface area contributed by atoms with Gasteiger partial charge in [-0.25, -0.2) is 4.79 Å². The number of nitrogens with two attached hydrogens (primary N) is 1. The van der Waals surface area contributed by atoms with Crippen LogP contribution < -0.4 is 5.73 Å². The number of carboxylic acid groups (broad SMARTS) is 1. The second-order valence-electron chi connectivity index (χ2n) is 12.6. The molecule has 0 unspecified atom stereocenters. The third-order valence-corrected chi connectivity index (χ3v) is 8.58. The number of carbonyl (C=O) groups excluding carboxylic acids is 1. The van der Waals surface area contributed by atoms with E-state index in [9.17, 15) is 40.2 Å². The van der Waals surface area contributed by atoms with Gasteiger partial charge in [0.15, 0.2) is 12.1 Å². The number of esters is 1. The van der Waals surface area contributed by atoms with Crippen LogP contribution in [0.2, 0.25) is 0 Å². The van der Waals surface area contributed by atoms with Crippen molar-refractivity contribution >= 4 is 11.9 Å². The van der Waals surface area contributed by atoms with Gasteiger partial charge in [-0.2, -0.15) is 0 Å². The molecule has 3 saturated heterocycles. The Hall–Kier alpha value is -2.76. The molecule has 3 fully saturated rings. The van der Waals surface area contributed by atoms with Crippen LogP contribution >= 0.6 is 0 Å². The Labute approximate surface area is 273 Å². The highest BCUT2D eigenvalue weighted by molar-refractivity contribution is 5.82. The van der Waals surface area contributed by atoms with E-state index < -0.39 is 97.3 Å². The van der Waals surface area contributed by atoms with E-state index in [0.717, 1.165) is 0 Å². The first kappa shape index (κ1) is 37.1. The fourth-order valence-corrected chi connectivity index (χ4v) is 6.00. The Morgan fingerprint density at radius 2 is 1.64 bits per heavy atom. The highest BCUT2D eigenvalue weighted by atomic mass is 16.7. The zero-order valence-electron chi connectivity index (χ0n) is 26.4. The van der Waals surface area contributed by atoms with Gasteiger partial charge in [0, 0.05) is 38.2 Å². The molecule has 47 heavy (non-hydrogen) atoms. The molecule has 14 atom stereocenters. The standard InChI is InChI=1S/C33H47NO13/c1-18-10-8-6-4-3-5-7-9-11-21(45-32-30(39)28(34)29(38)19(2)44-32)15-25-27(31(40)41)22(36)17-33(42,47-25)16-20(35)14-24-23(46-24)12-13-26(37)43-18/h3-9,11-13,18-25,27-30,32,35-36,38-39,42H,10,14-17,34H2,1-2H3,(H,40,41)/b4-3+,7-5+,8-6+,11-9+,13-12+/t18-,19-,20+,21+,22+,23-,24-,25+,27-,28+,29+,30+,32+,33-/m1/s1. The zero-order valence-corrected chi connectivity index (χ0v) is 26.4. The smallest absolute Gasteiger partial charge is 0.330 e. The number of carboxylic acids is 1. The molecular formula is C33H47NO13. The first-order valence-electron chi connectivity index (χ1n) is 15.9. The van der Waals surface area contributed by atoms with Gasteiger partial charge in [-0.15, -0.1) is 0 Å². The SMILES string of the molecule is C[C@@H]1C/C=C/C=C/C=C/C=C/[C@H](O[C@@H]2O[C@H](C)[C@H](O)[C@H](N)[C@@H]2O)C[C@@H]2O[C@](O)(C[C@@H](O)C[C@H]3O[C@@H]3/C=C/C(=O)O1)C[C@H](O)[C@H]2C(=O)O. The van der Waals surface area contributed by atoms with Gasteiger partial charge in [0.25, 0.3) is 0 Å². The van der Waals surface area contributed by atoms with Gasteiger partial charge in [0.05, 0.1) is 48.8 Å². The molecule has 262 valence electrons. The molecule has 0 aliphatic carbocycles. The van der Waals surface area contributed by atoms with Gasteiger partial charge in [0.2, 0.25) is 0 Å². The number of fused-ring (bicyclic) bond motifs is 3. The minimum atomic E-state index is -2.10. The molecule has 0 amide bonds. The highest BCUT2D eigenvalue weighted by Crippen LogP contribution is 2.39. The number of aliphatic hydroxyl groups excluding tert-OH is 4. The largest absolute Gasteiger partial charge is 0.481 e. The second kappa shape index (κ2) is 16.6. The summed E-state index contributed by atoms with van der Waals surface area (Å²) in [7, 11) is 0. The van der Waals surface area contributed by atoms with Crippen molar-refractivity contribution in [3.05, 3.63) is 60.8 Å². The van der Waals surface area contributed by atoms with Crippen LogP contribution in [0.3, 0.4) is 0 Å². The Kier molecular flexibility index (Phi) is 13.1. The number of hydrogen-bond acceptors (Lipinski definition) is 13. The van der Waals surface area contributed by atoms with E-state index >= 15 is 0 Å². The number of epoxide rings is 1. The topological polar surface area (TPSA) is 231 Å². The molecule has 0 radical (unpaired) electrons. The molecule has 0 aromatic rings. The van der Waals surface area contributed by atoms with Crippen LogP contribution in [0, 0.1) is 5.92 Å². The summed E-state index contributed by atoms with van der Waals surface area (Å²) in [6.45, 7) is 3.34. The van der Waals surface area contributed by atoms with Crippen LogP contribution in [0.25, 0.3) is 0 Å². The van der Waals surface area contributed by atoms with Crippen LogP contribution in [0.15, 0.2) is 60.8 Å². The molecule has 0 aromatic heterocycles. The minimum Gasteiger partial charge on any atom is -0.481 e. The predicted molar refractivity (Wildman–Crippen MR) is 165 cm³/mol. The van der Waals surface area contributed by atoms with Crippen molar-refractivity contribution in [3.8, 4) is 0 Å². The van der Waals surface area contributed by atoms with E-state index in [0.29, 0.717) is 6.42 Å². The van der Waals surface area contributed by atoms with Crippen molar-refractivity contribution in [1.82, 2.24) is 0 Å². The van der Waals surface area contributed by atoms with Gasteiger partial charge in [0.1, 0.15) is 24.2 Å². The summed E-state index contributed by atoms with van der Waals surface area (Å²) >= 11 is 0.